The highest BCUT2D eigenvalue weighted by molar-refractivity contribution is 6.32. The SMILES string of the molecule is CCc1c(NN)ncnc1Oc1ccc(F)cc1Cl. The predicted molar refractivity (Wildman–Crippen MR) is 70.7 cm³/mol. The molecule has 0 saturated carbocycles. The summed E-state index contributed by atoms with van der Waals surface area (Å²) in [5, 5.41) is 0.169. The Kier molecular flexibility index (Phi) is 4.13. The molecule has 0 fully saturated rings. The van der Waals surface area contributed by atoms with Gasteiger partial charge in [0, 0.05) is 0 Å². The summed E-state index contributed by atoms with van der Waals surface area (Å²) in [4.78, 5) is 8.02. The number of hydrogen-bond acceptors (Lipinski definition) is 5. The second kappa shape index (κ2) is 5.81. The van der Waals surface area contributed by atoms with Gasteiger partial charge < -0.3 is 10.2 Å². The van der Waals surface area contributed by atoms with E-state index < -0.39 is 5.82 Å². The lowest BCUT2D eigenvalue weighted by Crippen LogP contribution is -2.12. The normalized spacial score (nSPS) is 10.3. The van der Waals surface area contributed by atoms with Gasteiger partial charge in [0.15, 0.2) is 0 Å². The minimum Gasteiger partial charge on any atom is -0.437 e. The fourth-order valence-corrected chi connectivity index (χ4v) is 1.80. The van der Waals surface area contributed by atoms with E-state index in [4.69, 9.17) is 22.2 Å². The molecule has 1 aromatic carbocycles. The molecule has 0 aliphatic carbocycles. The fourth-order valence-electron chi connectivity index (χ4n) is 1.59. The number of rotatable bonds is 4. The van der Waals surface area contributed by atoms with Crippen LogP contribution in [0.15, 0.2) is 24.5 Å². The Labute approximate surface area is 114 Å². The number of nitrogen functional groups attached to an aromatic ring is 1. The molecule has 1 heterocycles. The third-order valence-electron chi connectivity index (χ3n) is 2.50. The van der Waals surface area contributed by atoms with Gasteiger partial charge in [-0.15, -0.1) is 0 Å². The summed E-state index contributed by atoms with van der Waals surface area (Å²) >= 11 is 5.90. The minimum atomic E-state index is -0.430. The maximum atomic E-state index is 13.0. The third-order valence-corrected chi connectivity index (χ3v) is 2.79. The number of hydrazine groups is 1. The van der Waals surface area contributed by atoms with E-state index in [2.05, 4.69) is 15.4 Å². The molecule has 5 nitrogen and oxygen atoms in total. The number of nitrogens with two attached hydrogens (primary N) is 1. The van der Waals surface area contributed by atoms with Crippen LogP contribution in [-0.2, 0) is 6.42 Å². The largest absolute Gasteiger partial charge is 0.437 e. The van der Waals surface area contributed by atoms with E-state index in [1.54, 1.807) is 0 Å². The van der Waals surface area contributed by atoms with E-state index >= 15 is 0 Å². The van der Waals surface area contributed by atoms with Crippen molar-refractivity contribution in [2.24, 2.45) is 5.84 Å². The average molecular weight is 283 g/mol. The molecule has 19 heavy (non-hydrogen) atoms. The molecule has 0 spiro atoms. The van der Waals surface area contributed by atoms with Crippen LogP contribution in [0.2, 0.25) is 5.02 Å². The lowest BCUT2D eigenvalue weighted by molar-refractivity contribution is 0.454. The molecular formula is C12H12ClFN4O. The van der Waals surface area contributed by atoms with Gasteiger partial charge in [-0.2, -0.15) is 0 Å². The Hall–Kier alpha value is -1.92. The van der Waals surface area contributed by atoms with Crippen LogP contribution in [0.5, 0.6) is 11.6 Å². The van der Waals surface area contributed by atoms with E-state index in [9.17, 15) is 4.39 Å². The monoisotopic (exact) mass is 282 g/mol. The second-order valence-electron chi connectivity index (χ2n) is 3.68. The first-order valence-corrected chi connectivity index (χ1v) is 5.97. The van der Waals surface area contributed by atoms with Gasteiger partial charge in [-0.1, -0.05) is 18.5 Å². The second-order valence-corrected chi connectivity index (χ2v) is 4.09. The van der Waals surface area contributed by atoms with Crippen molar-refractivity contribution >= 4 is 17.4 Å². The molecule has 0 radical (unpaired) electrons. The Balaban J connectivity index is 2.37. The number of aromatic nitrogens is 2. The number of nitrogens with zero attached hydrogens (tertiary/aromatic N) is 2. The fraction of sp³-hybridized carbons (Fsp3) is 0.167. The predicted octanol–water partition coefficient (Wildman–Crippen LogP) is 2.91. The van der Waals surface area contributed by atoms with Crippen molar-refractivity contribution in [2.45, 2.75) is 13.3 Å². The Morgan fingerprint density at radius 2 is 2.21 bits per heavy atom. The zero-order valence-electron chi connectivity index (χ0n) is 10.2. The van der Waals surface area contributed by atoms with Crippen molar-refractivity contribution in [2.75, 3.05) is 5.43 Å². The highest BCUT2D eigenvalue weighted by Crippen LogP contribution is 2.32. The molecule has 2 aromatic rings. The van der Waals surface area contributed by atoms with Gasteiger partial charge in [0.05, 0.1) is 10.6 Å². The Morgan fingerprint density at radius 3 is 2.84 bits per heavy atom. The van der Waals surface area contributed by atoms with Crippen molar-refractivity contribution in [3.8, 4) is 11.6 Å². The van der Waals surface area contributed by atoms with Gasteiger partial charge in [0.1, 0.15) is 23.7 Å². The van der Waals surface area contributed by atoms with E-state index in [1.807, 2.05) is 6.92 Å². The molecule has 0 aliphatic rings. The van der Waals surface area contributed by atoms with E-state index in [-0.39, 0.29) is 5.02 Å². The molecule has 3 N–H and O–H groups in total. The van der Waals surface area contributed by atoms with E-state index in [0.717, 1.165) is 0 Å². The Morgan fingerprint density at radius 1 is 1.42 bits per heavy atom. The van der Waals surface area contributed by atoms with Crippen LogP contribution in [0, 0.1) is 5.82 Å². The summed E-state index contributed by atoms with van der Waals surface area (Å²) in [6.45, 7) is 1.92. The smallest absolute Gasteiger partial charge is 0.227 e. The summed E-state index contributed by atoms with van der Waals surface area (Å²) < 4.78 is 18.5. The molecule has 0 unspecified atom stereocenters. The van der Waals surface area contributed by atoms with Crippen molar-refractivity contribution in [1.82, 2.24) is 9.97 Å². The molecular weight excluding hydrogens is 271 g/mol. The average Bonchev–Trinajstić information content (AvgIpc) is 2.41. The number of hydrogen-bond donors (Lipinski definition) is 2. The van der Waals surface area contributed by atoms with Crippen molar-refractivity contribution in [3.63, 3.8) is 0 Å². The topological polar surface area (TPSA) is 73.1 Å². The number of halogens is 2. The summed E-state index contributed by atoms with van der Waals surface area (Å²) in [5.41, 5.74) is 3.19. The summed E-state index contributed by atoms with van der Waals surface area (Å²) in [6, 6.07) is 3.87. The summed E-state index contributed by atoms with van der Waals surface area (Å²) in [6.07, 6.45) is 1.94. The minimum absolute atomic E-state index is 0.169. The van der Waals surface area contributed by atoms with Crippen molar-refractivity contribution < 1.29 is 9.13 Å². The highest BCUT2D eigenvalue weighted by atomic mass is 35.5. The summed E-state index contributed by atoms with van der Waals surface area (Å²) in [5.74, 6) is 6.07. The van der Waals surface area contributed by atoms with Gasteiger partial charge in [0.25, 0.3) is 0 Å². The molecule has 0 aliphatic heterocycles. The van der Waals surface area contributed by atoms with Crippen LogP contribution < -0.4 is 16.0 Å². The standard InChI is InChI=1S/C12H12ClFN4O/c1-2-8-11(18-15)16-6-17-12(8)19-10-4-3-7(14)5-9(10)13/h3-6H,2,15H2,1H3,(H,16,17,18). The van der Waals surface area contributed by atoms with Crippen molar-refractivity contribution in [3.05, 3.63) is 40.9 Å². The number of anilines is 1. The lowest BCUT2D eigenvalue weighted by atomic mass is 10.2. The van der Waals surface area contributed by atoms with Crippen LogP contribution in [0.1, 0.15) is 12.5 Å². The molecule has 100 valence electrons. The zero-order valence-corrected chi connectivity index (χ0v) is 10.9. The molecule has 7 heteroatoms. The number of benzene rings is 1. The third kappa shape index (κ3) is 2.91. The number of nitrogens with one attached hydrogen (secondary N) is 1. The first-order valence-electron chi connectivity index (χ1n) is 5.59. The quantitative estimate of drug-likeness (QED) is 0.666. The molecule has 1 aromatic heterocycles. The van der Waals surface area contributed by atoms with E-state index in [0.29, 0.717) is 29.4 Å². The molecule has 0 amide bonds. The van der Waals surface area contributed by atoms with Crippen LogP contribution in [0.25, 0.3) is 0 Å². The molecule has 0 bridgehead atoms. The van der Waals surface area contributed by atoms with Gasteiger partial charge in [0.2, 0.25) is 5.88 Å². The summed E-state index contributed by atoms with van der Waals surface area (Å²) in [7, 11) is 0. The van der Waals surface area contributed by atoms with Gasteiger partial charge in [-0.05, 0) is 24.6 Å². The zero-order chi connectivity index (χ0) is 13.8. The highest BCUT2D eigenvalue weighted by Gasteiger charge is 2.13. The van der Waals surface area contributed by atoms with Crippen molar-refractivity contribution in [1.29, 1.82) is 0 Å². The maximum absolute atomic E-state index is 13.0. The van der Waals surface area contributed by atoms with Gasteiger partial charge in [-0.25, -0.2) is 20.2 Å². The molecule has 0 saturated heterocycles. The van der Waals surface area contributed by atoms with Crippen LogP contribution >= 0.6 is 11.6 Å². The first kappa shape index (κ1) is 13.5. The number of ether oxygens (including phenoxy) is 1. The van der Waals surface area contributed by atoms with Gasteiger partial charge >= 0.3 is 0 Å². The lowest BCUT2D eigenvalue weighted by Gasteiger charge is -2.12. The van der Waals surface area contributed by atoms with Crippen LogP contribution in [0.4, 0.5) is 10.2 Å². The van der Waals surface area contributed by atoms with Crippen LogP contribution in [0.3, 0.4) is 0 Å². The Bertz CT molecular complexity index is 594. The maximum Gasteiger partial charge on any atom is 0.227 e. The van der Waals surface area contributed by atoms with E-state index in [1.165, 1.54) is 24.5 Å². The molecule has 2 rings (SSSR count). The first-order chi connectivity index (χ1) is 9.15. The van der Waals surface area contributed by atoms with Gasteiger partial charge in [-0.3, -0.25) is 0 Å². The molecule has 0 atom stereocenters. The van der Waals surface area contributed by atoms with Crippen LogP contribution in [-0.4, -0.2) is 9.97 Å².